The summed E-state index contributed by atoms with van der Waals surface area (Å²) < 4.78 is 4.88. The van der Waals surface area contributed by atoms with Crippen molar-refractivity contribution in [3.63, 3.8) is 0 Å². The number of hydrogen-bond donors (Lipinski definition) is 1. The minimum atomic E-state index is -0.589. The molecular formula is C23H28Cl2N4O4S. The van der Waals surface area contributed by atoms with E-state index in [-0.39, 0.29) is 23.9 Å². The number of carbonyl (C=O) groups is 3. The van der Waals surface area contributed by atoms with Crippen molar-refractivity contribution in [1.82, 2.24) is 14.7 Å². The largest absolute Gasteiger partial charge is 0.465 e. The van der Waals surface area contributed by atoms with Gasteiger partial charge in [0.1, 0.15) is 5.00 Å². The molecule has 8 nitrogen and oxygen atoms in total. The van der Waals surface area contributed by atoms with Crippen molar-refractivity contribution >= 4 is 57.3 Å². The van der Waals surface area contributed by atoms with E-state index in [2.05, 4.69) is 10.2 Å². The van der Waals surface area contributed by atoms with Crippen LogP contribution in [0.1, 0.15) is 31.2 Å². The van der Waals surface area contributed by atoms with Crippen LogP contribution in [0.15, 0.2) is 18.2 Å². The topological polar surface area (TPSA) is 82.2 Å². The molecule has 0 saturated carbocycles. The number of thiophene rings is 1. The number of esters is 1. The first-order chi connectivity index (χ1) is 16.1. The van der Waals surface area contributed by atoms with Crippen LogP contribution >= 0.6 is 34.5 Å². The first-order valence-electron chi connectivity index (χ1n) is 10.7. The molecule has 184 valence electrons. The van der Waals surface area contributed by atoms with Crippen LogP contribution in [0.5, 0.6) is 0 Å². The molecule has 2 amide bonds. The zero-order valence-corrected chi connectivity index (χ0v) is 21.9. The fraction of sp³-hybridized carbons (Fsp3) is 0.435. The number of anilines is 1. The van der Waals surface area contributed by atoms with Crippen LogP contribution in [0.4, 0.5) is 5.00 Å². The monoisotopic (exact) mass is 526 g/mol. The Hall–Kier alpha value is -2.17. The number of rotatable bonds is 7. The van der Waals surface area contributed by atoms with Gasteiger partial charge in [-0.1, -0.05) is 29.3 Å². The predicted molar refractivity (Wildman–Crippen MR) is 135 cm³/mol. The molecular weight excluding hydrogens is 499 g/mol. The van der Waals surface area contributed by atoms with E-state index in [0.29, 0.717) is 45.1 Å². The lowest BCUT2D eigenvalue weighted by atomic mass is 10.1. The Morgan fingerprint density at radius 3 is 2.24 bits per heavy atom. The summed E-state index contributed by atoms with van der Waals surface area (Å²) in [6, 6.07) is 5.48. The number of benzene rings is 1. The normalized spacial score (nSPS) is 14.6. The molecule has 11 heteroatoms. The molecule has 0 bridgehead atoms. The number of hydrogen-bond acceptors (Lipinski definition) is 7. The van der Waals surface area contributed by atoms with Crippen molar-refractivity contribution in [3.05, 3.63) is 49.8 Å². The lowest BCUT2D eigenvalue weighted by Crippen LogP contribution is -2.48. The van der Waals surface area contributed by atoms with E-state index in [1.54, 1.807) is 21.0 Å². The van der Waals surface area contributed by atoms with Crippen LogP contribution in [0.25, 0.3) is 0 Å². The van der Waals surface area contributed by atoms with Gasteiger partial charge in [-0.05, 0) is 24.6 Å². The Labute approximate surface area is 213 Å². The highest BCUT2D eigenvalue weighted by molar-refractivity contribution is 7.18. The van der Waals surface area contributed by atoms with Gasteiger partial charge in [-0.2, -0.15) is 0 Å². The summed E-state index contributed by atoms with van der Waals surface area (Å²) in [6.07, 6.45) is 0. The Morgan fingerprint density at radius 1 is 1.09 bits per heavy atom. The van der Waals surface area contributed by atoms with Crippen molar-refractivity contribution in [2.75, 3.05) is 59.2 Å². The van der Waals surface area contributed by atoms with E-state index in [1.165, 1.54) is 12.0 Å². The molecule has 0 unspecified atom stereocenters. The smallest absolute Gasteiger partial charge is 0.341 e. The molecule has 0 atom stereocenters. The number of amides is 2. The number of carbonyl (C=O) groups excluding carboxylic acids is 3. The highest BCUT2D eigenvalue weighted by atomic mass is 35.5. The summed E-state index contributed by atoms with van der Waals surface area (Å²) in [6.45, 7) is 5.44. The number of ether oxygens (including phenoxy) is 1. The number of piperazine rings is 1. The molecule has 0 radical (unpaired) electrons. The van der Waals surface area contributed by atoms with Crippen molar-refractivity contribution in [3.8, 4) is 0 Å². The van der Waals surface area contributed by atoms with E-state index in [9.17, 15) is 14.4 Å². The van der Waals surface area contributed by atoms with Gasteiger partial charge in [0.15, 0.2) is 0 Å². The third-order valence-electron chi connectivity index (χ3n) is 5.67. The first-order valence-corrected chi connectivity index (χ1v) is 12.3. The average Bonchev–Trinajstić information content (AvgIpc) is 3.11. The zero-order valence-electron chi connectivity index (χ0n) is 19.6. The lowest BCUT2D eigenvalue weighted by molar-refractivity contribution is -0.117. The van der Waals surface area contributed by atoms with Crippen molar-refractivity contribution in [2.24, 2.45) is 0 Å². The van der Waals surface area contributed by atoms with E-state index >= 15 is 0 Å². The zero-order chi connectivity index (χ0) is 25.0. The van der Waals surface area contributed by atoms with Crippen LogP contribution in [-0.2, 0) is 16.1 Å². The molecule has 1 fully saturated rings. The third kappa shape index (κ3) is 6.09. The second-order valence-corrected chi connectivity index (χ2v) is 10.1. The van der Waals surface area contributed by atoms with Gasteiger partial charge in [0.25, 0.3) is 5.91 Å². The van der Waals surface area contributed by atoms with E-state index in [1.807, 2.05) is 23.1 Å². The van der Waals surface area contributed by atoms with Gasteiger partial charge in [0.2, 0.25) is 5.91 Å². The first kappa shape index (κ1) is 26.4. The maximum Gasteiger partial charge on any atom is 0.341 e. The number of methoxy groups -OCH3 is 1. The third-order valence-corrected chi connectivity index (χ3v) is 7.57. The van der Waals surface area contributed by atoms with Gasteiger partial charge in [0, 0.05) is 62.4 Å². The van der Waals surface area contributed by atoms with Crippen LogP contribution in [0.3, 0.4) is 0 Å². The maximum absolute atomic E-state index is 12.8. The number of nitrogens with one attached hydrogen (secondary N) is 1. The van der Waals surface area contributed by atoms with Gasteiger partial charge >= 0.3 is 5.97 Å². The van der Waals surface area contributed by atoms with Crippen molar-refractivity contribution in [2.45, 2.75) is 13.5 Å². The minimum absolute atomic E-state index is 0.176. The van der Waals surface area contributed by atoms with Gasteiger partial charge in [-0.3, -0.25) is 19.4 Å². The molecule has 1 aliphatic heterocycles. The molecule has 1 N–H and O–H groups in total. The Bertz CT molecular complexity index is 1060. The second-order valence-electron chi connectivity index (χ2n) is 8.25. The summed E-state index contributed by atoms with van der Waals surface area (Å²) in [5, 5.41) is 4.43. The average molecular weight is 527 g/mol. The minimum Gasteiger partial charge on any atom is -0.465 e. The summed E-state index contributed by atoms with van der Waals surface area (Å²) in [7, 11) is 4.54. The standard InChI is InChI=1S/C23H28Cl2N4O4S/c1-14-19(23(32)33-4)21(34-20(14)22(31)27(2)3)26-18(30)13-29-10-8-28(9-11-29)12-15-16(24)6-5-7-17(15)25/h5-7H,8-13H2,1-4H3,(H,26,30). The Kier molecular flexibility index (Phi) is 8.95. The summed E-state index contributed by atoms with van der Waals surface area (Å²) in [4.78, 5) is 43.7. The van der Waals surface area contributed by atoms with Crippen molar-refractivity contribution < 1.29 is 19.1 Å². The molecule has 34 heavy (non-hydrogen) atoms. The maximum atomic E-state index is 12.8. The molecule has 2 aromatic rings. The van der Waals surface area contributed by atoms with Gasteiger partial charge in [-0.15, -0.1) is 11.3 Å². The van der Waals surface area contributed by atoms with Crippen molar-refractivity contribution in [1.29, 1.82) is 0 Å². The fourth-order valence-electron chi connectivity index (χ4n) is 3.74. The highest BCUT2D eigenvalue weighted by Gasteiger charge is 2.28. The fourth-order valence-corrected chi connectivity index (χ4v) is 5.49. The molecule has 1 aromatic carbocycles. The number of nitrogens with zero attached hydrogens (tertiary/aromatic N) is 3. The van der Waals surface area contributed by atoms with Crippen LogP contribution < -0.4 is 5.32 Å². The Balaban J connectivity index is 1.61. The van der Waals surface area contributed by atoms with E-state index < -0.39 is 5.97 Å². The quantitative estimate of drug-likeness (QED) is 0.555. The SMILES string of the molecule is COC(=O)c1c(NC(=O)CN2CCN(Cc3c(Cl)cccc3Cl)CC2)sc(C(=O)N(C)C)c1C. The Morgan fingerprint density at radius 2 is 1.68 bits per heavy atom. The predicted octanol–water partition coefficient (Wildman–Crippen LogP) is 3.61. The lowest BCUT2D eigenvalue weighted by Gasteiger charge is -2.34. The van der Waals surface area contributed by atoms with Crippen LogP contribution in [-0.4, -0.2) is 86.4 Å². The van der Waals surface area contributed by atoms with Crippen LogP contribution in [0, 0.1) is 6.92 Å². The summed E-state index contributed by atoms with van der Waals surface area (Å²) in [5.41, 5.74) is 1.62. The molecule has 3 rings (SSSR count). The van der Waals surface area contributed by atoms with E-state index in [0.717, 1.165) is 30.0 Å². The molecule has 0 spiro atoms. The highest BCUT2D eigenvalue weighted by Crippen LogP contribution is 2.34. The van der Waals surface area contributed by atoms with Gasteiger partial charge < -0.3 is 15.0 Å². The molecule has 0 aliphatic carbocycles. The van der Waals surface area contributed by atoms with E-state index in [4.69, 9.17) is 27.9 Å². The summed E-state index contributed by atoms with van der Waals surface area (Å²) in [5.74, 6) is -1.07. The number of halogens is 2. The molecule has 1 aromatic heterocycles. The van der Waals surface area contributed by atoms with Crippen LogP contribution in [0.2, 0.25) is 10.0 Å². The van der Waals surface area contributed by atoms with Gasteiger partial charge in [0.05, 0.1) is 24.1 Å². The molecule has 2 heterocycles. The summed E-state index contributed by atoms with van der Waals surface area (Å²) >= 11 is 13.7. The molecule has 1 saturated heterocycles. The van der Waals surface area contributed by atoms with Gasteiger partial charge in [-0.25, -0.2) is 4.79 Å². The second kappa shape index (κ2) is 11.5. The molecule has 1 aliphatic rings.